The van der Waals surface area contributed by atoms with Crippen LogP contribution in [-0.4, -0.2) is 28.9 Å². The van der Waals surface area contributed by atoms with Crippen molar-refractivity contribution in [3.8, 4) is 0 Å². The standard InChI is InChI=1S/C13H14N2O4/c1-7-2-3-8(6-9(7)13(18)19)14-12(17)10-4-5-11(16)15-10/h2-3,6,10H,4-5H2,1H3,(H,14,17)(H,15,16)(H,18,19). The van der Waals surface area contributed by atoms with Crippen LogP contribution < -0.4 is 10.6 Å². The van der Waals surface area contributed by atoms with Crippen molar-refractivity contribution in [2.75, 3.05) is 5.32 Å². The average Bonchev–Trinajstić information content (AvgIpc) is 2.78. The Kier molecular flexibility index (Phi) is 3.50. The second-order valence-electron chi connectivity index (χ2n) is 4.48. The lowest BCUT2D eigenvalue weighted by Gasteiger charge is -2.12. The first-order valence-electron chi connectivity index (χ1n) is 5.91. The van der Waals surface area contributed by atoms with Gasteiger partial charge in [0.05, 0.1) is 5.56 Å². The lowest BCUT2D eigenvalue weighted by molar-refractivity contribution is -0.122. The fourth-order valence-corrected chi connectivity index (χ4v) is 1.97. The van der Waals surface area contributed by atoms with E-state index in [1.807, 2.05) is 0 Å². The molecule has 1 aromatic rings. The molecule has 0 saturated carbocycles. The molecule has 1 heterocycles. The van der Waals surface area contributed by atoms with Gasteiger partial charge in [-0.25, -0.2) is 4.79 Å². The quantitative estimate of drug-likeness (QED) is 0.754. The van der Waals surface area contributed by atoms with Gasteiger partial charge in [0.2, 0.25) is 11.8 Å². The molecule has 3 N–H and O–H groups in total. The van der Waals surface area contributed by atoms with Crippen LogP contribution in [-0.2, 0) is 9.59 Å². The third-order valence-electron chi connectivity index (χ3n) is 3.05. The van der Waals surface area contributed by atoms with Crippen LogP contribution in [0.5, 0.6) is 0 Å². The van der Waals surface area contributed by atoms with Crippen molar-refractivity contribution < 1.29 is 19.5 Å². The number of aryl methyl sites for hydroxylation is 1. The number of anilines is 1. The molecule has 0 radical (unpaired) electrons. The average molecular weight is 262 g/mol. The number of aromatic carboxylic acids is 1. The van der Waals surface area contributed by atoms with Crippen molar-refractivity contribution in [1.82, 2.24) is 5.32 Å². The molecule has 1 aromatic carbocycles. The Bertz CT molecular complexity index is 554. The summed E-state index contributed by atoms with van der Waals surface area (Å²) in [7, 11) is 0. The van der Waals surface area contributed by atoms with Gasteiger partial charge in [0.1, 0.15) is 6.04 Å². The number of rotatable bonds is 3. The Morgan fingerprint density at radius 1 is 1.42 bits per heavy atom. The van der Waals surface area contributed by atoms with Gasteiger partial charge in [0.25, 0.3) is 0 Å². The Hall–Kier alpha value is -2.37. The topological polar surface area (TPSA) is 95.5 Å². The van der Waals surface area contributed by atoms with Gasteiger partial charge in [-0.05, 0) is 31.0 Å². The fourth-order valence-electron chi connectivity index (χ4n) is 1.97. The molecule has 1 saturated heterocycles. The number of carboxylic acid groups (broad SMARTS) is 1. The zero-order valence-corrected chi connectivity index (χ0v) is 10.4. The van der Waals surface area contributed by atoms with Gasteiger partial charge >= 0.3 is 5.97 Å². The maximum absolute atomic E-state index is 11.9. The predicted octanol–water partition coefficient (Wildman–Crippen LogP) is 0.910. The van der Waals surface area contributed by atoms with E-state index in [1.165, 1.54) is 6.07 Å². The summed E-state index contributed by atoms with van der Waals surface area (Å²) in [5.74, 6) is -1.51. The summed E-state index contributed by atoms with van der Waals surface area (Å²) < 4.78 is 0. The summed E-state index contributed by atoms with van der Waals surface area (Å²) in [5.41, 5.74) is 1.18. The monoisotopic (exact) mass is 262 g/mol. The van der Waals surface area contributed by atoms with E-state index in [1.54, 1.807) is 19.1 Å². The van der Waals surface area contributed by atoms with Gasteiger partial charge in [-0.15, -0.1) is 0 Å². The van der Waals surface area contributed by atoms with Crippen molar-refractivity contribution in [2.45, 2.75) is 25.8 Å². The number of hydrogen-bond acceptors (Lipinski definition) is 3. The molecule has 0 bridgehead atoms. The van der Waals surface area contributed by atoms with Crippen LogP contribution in [0.25, 0.3) is 0 Å². The smallest absolute Gasteiger partial charge is 0.336 e. The normalized spacial score (nSPS) is 17.9. The van der Waals surface area contributed by atoms with E-state index in [2.05, 4.69) is 10.6 Å². The third-order valence-corrected chi connectivity index (χ3v) is 3.05. The Morgan fingerprint density at radius 2 is 2.16 bits per heavy atom. The number of carboxylic acids is 1. The van der Waals surface area contributed by atoms with E-state index in [-0.39, 0.29) is 17.4 Å². The highest BCUT2D eigenvalue weighted by atomic mass is 16.4. The third kappa shape index (κ3) is 2.90. The maximum atomic E-state index is 11.9. The summed E-state index contributed by atoms with van der Waals surface area (Å²) in [4.78, 5) is 33.9. The highest BCUT2D eigenvalue weighted by Crippen LogP contribution is 2.17. The maximum Gasteiger partial charge on any atom is 0.336 e. The summed E-state index contributed by atoms with van der Waals surface area (Å²) in [6, 6.07) is 4.14. The van der Waals surface area contributed by atoms with Crippen LogP contribution in [0.1, 0.15) is 28.8 Å². The largest absolute Gasteiger partial charge is 0.478 e. The molecule has 6 nitrogen and oxygen atoms in total. The van der Waals surface area contributed by atoms with Crippen LogP contribution >= 0.6 is 0 Å². The van der Waals surface area contributed by atoms with E-state index < -0.39 is 12.0 Å². The fraction of sp³-hybridized carbons (Fsp3) is 0.308. The van der Waals surface area contributed by atoms with Crippen LogP contribution in [0.15, 0.2) is 18.2 Å². The summed E-state index contributed by atoms with van der Waals surface area (Å²) >= 11 is 0. The highest BCUT2D eigenvalue weighted by molar-refractivity contribution is 6.00. The first-order valence-corrected chi connectivity index (χ1v) is 5.91. The molecule has 19 heavy (non-hydrogen) atoms. The molecule has 0 spiro atoms. The number of carbonyl (C=O) groups is 3. The van der Waals surface area contributed by atoms with E-state index in [9.17, 15) is 14.4 Å². The second kappa shape index (κ2) is 5.09. The SMILES string of the molecule is Cc1ccc(NC(=O)C2CCC(=O)N2)cc1C(=O)O. The van der Waals surface area contributed by atoms with Crippen LogP contribution in [0.3, 0.4) is 0 Å². The minimum atomic E-state index is -1.04. The van der Waals surface area contributed by atoms with Crippen molar-refractivity contribution in [2.24, 2.45) is 0 Å². The number of benzene rings is 1. The van der Waals surface area contributed by atoms with E-state index >= 15 is 0 Å². The van der Waals surface area contributed by atoms with Gasteiger partial charge in [-0.3, -0.25) is 9.59 Å². The van der Waals surface area contributed by atoms with Crippen LogP contribution in [0.2, 0.25) is 0 Å². The molecule has 100 valence electrons. The molecule has 0 aromatic heterocycles. The highest BCUT2D eigenvalue weighted by Gasteiger charge is 2.27. The van der Waals surface area contributed by atoms with Gasteiger partial charge in [0.15, 0.2) is 0 Å². The molecule has 1 fully saturated rings. The minimum absolute atomic E-state index is 0.143. The summed E-state index contributed by atoms with van der Waals surface area (Å²) in [6.45, 7) is 1.69. The molecule has 0 aliphatic carbocycles. The number of amides is 2. The van der Waals surface area contributed by atoms with Gasteiger partial charge < -0.3 is 15.7 Å². The van der Waals surface area contributed by atoms with E-state index in [4.69, 9.17) is 5.11 Å². The molecule has 6 heteroatoms. The molecule has 1 atom stereocenters. The molecule has 1 aliphatic heterocycles. The zero-order chi connectivity index (χ0) is 14.0. The molecular formula is C13H14N2O4. The van der Waals surface area contributed by atoms with Gasteiger partial charge in [0, 0.05) is 12.1 Å². The molecular weight excluding hydrogens is 248 g/mol. The summed E-state index contributed by atoms with van der Waals surface area (Å²) in [5, 5.41) is 14.2. The van der Waals surface area contributed by atoms with Gasteiger partial charge in [-0.1, -0.05) is 6.07 Å². The Balaban J connectivity index is 2.11. The van der Waals surface area contributed by atoms with Crippen molar-refractivity contribution in [3.05, 3.63) is 29.3 Å². The van der Waals surface area contributed by atoms with Crippen molar-refractivity contribution >= 4 is 23.5 Å². The van der Waals surface area contributed by atoms with E-state index in [0.29, 0.717) is 24.1 Å². The van der Waals surface area contributed by atoms with E-state index in [0.717, 1.165) is 0 Å². The number of hydrogen-bond donors (Lipinski definition) is 3. The second-order valence-corrected chi connectivity index (χ2v) is 4.48. The Morgan fingerprint density at radius 3 is 2.74 bits per heavy atom. The Labute approximate surface area is 109 Å². The number of carbonyl (C=O) groups excluding carboxylic acids is 2. The molecule has 1 unspecified atom stereocenters. The first kappa shape index (κ1) is 13.1. The van der Waals surface area contributed by atoms with Crippen molar-refractivity contribution in [3.63, 3.8) is 0 Å². The lowest BCUT2D eigenvalue weighted by atomic mass is 10.1. The lowest BCUT2D eigenvalue weighted by Crippen LogP contribution is -2.37. The number of nitrogens with one attached hydrogen (secondary N) is 2. The van der Waals surface area contributed by atoms with Gasteiger partial charge in [-0.2, -0.15) is 0 Å². The molecule has 2 amide bonds. The van der Waals surface area contributed by atoms with Crippen molar-refractivity contribution in [1.29, 1.82) is 0 Å². The molecule has 1 aliphatic rings. The first-order chi connectivity index (χ1) is 8.97. The van der Waals surface area contributed by atoms with Crippen LogP contribution in [0, 0.1) is 6.92 Å². The summed E-state index contributed by atoms with van der Waals surface area (Å²) in [6.07, 6.45) is 0.800. The van der Waals surface area contributed by atoms with Crippen LogP contribution in [0.4, 0.5) is 5.69 Å². The minimum Gasteiger partial charge on any atom is -0.478 e. The molecule has 2 rings (SSSR count). The predicted molar refractivity (Wildman–Crippen MR) is 67.9 cm³/mol. The zero-order valence-electron chi connectivity index (χ0n) is 10.4.